The Labute approximate surface area is 121 Å². The Morgan fingerprint density at radius 1 is 1.20 bits per heavy atom. The summed E-state index contributed by atoms with van der Waals surface area (Å²) >= 11 is 1.54. The summed E-state index contributed by atoms with van der Waals surface area (Å²) in [6.07, 6.45) is 0. The Hall–Kier alpha value is -2.20. The number of carbonyl (C=O) groups excluding carboxylic acids is 1. The van der Waals surface area contributed by atoms with Crippen LogP contribution in [0, 0.1) is 0 Å². The van der Waals surface area contributed by atoms with E-state index in [9.17, 15) is 4.79 Å². The number of hydrogen-bond donors (Lipinski definition) is 1. The molecule has 1 heterocycles. The molecule has 1 aromatic heterocycles. The molecule has 0 spiro atoms. The Kier molecular flexibility index (Phi) is 3.48. The van der Waals surface area contributed by atoms with Crippen LogP contribution < -0.4 is 5.32 Å². The van der Waals surface area contributed by atoms with Gasteiger partial charge in [-0.05, 0) is 30.7 Å². The quantitative estimate of drug-likeness (QED) is 0.794. The van der Waals surface area contributed by atoms with Gasteiger partial charge in [0, 0.05) is 5.56 Å². The van der Waals surface area contributed by atoms with E-state index in [1.54, 1.807) is 16.8 Å². The minimum atomic E-state index is -0.0587. The fraction of sp³-hybridized carbons (Fsp3) is 0.125. The molecule has 20 heavy (non-hydrogen) atoms. The van der Waals surface area contributed by atoms with Crippen LogP contribution in [0.2, 0.25) is 0 Å². The van der Waals surface area contributed by atoms with Gasteiger partial charge >= 0.3 is 0 Å². The molecule has 0 saturated heterocycles. The molecule has 100 valence electrons. The standard InChI is InChI=1S/C16H14N2OS/c1-11(12-5-3-2-4-6-12)18-16(19)13-7-8-14-15(9-13)20-10-17-14/h2-11H,1H3,(H,18,19)/t11-/m0/s1. The van der Waals surface area contributed by atoms with E-state index >= 15 is 0 Å². The van der Waals surface area contributed by atoms with Crippen LogP contribution in [0.5, 0.6) is 0 Å². The zero-order chi connectivity index (χ0) is 13.9. The predicted octanol–water partition coefficient (Wildman–Crippen LogP) is 3.79. The van der Waals surface area contributed by atoms with Crippen LogP contribution in [0.3, 0.4) is 0 Å². The van der Waals surface area contributed by atoms with Gasteiger partial charge in [0.2, 0.25) is 0 Å². The first-order chi connectivity index (χ1) is 9.74. The highest BCUT2D eigenvalue weighted by Gasteiger charge is 2.12. The van der Waals surface area contributed by atoms with E-state index in [-0.39, 0.29) is 11.9 Å². The lowest BCUT2D eigenvalue weighted by Crippen LogP contribution is -2.26. The molecule has 0 fully saturated rings. The minimum absolute atomic E-state index is 0.0131. The van der Waals surface area contributed by atoms with Gasteiger partial charge in [0.25, 0.3) is 5.91 Å². The average Bonchev–Trinajstić information content (AvgIpc) is 2.95. The number of rotatable bonds is 3. The third-order valence-electron chi connectivity index (χ3n) is 3.24. The molecule has 0 aliphatic carbocycles. The molecular weight excluding hydrogens is 268 g/mol. The van der Waals surface area contributed by atoms with Crippen molar-refractivity contribution >= 4 is 27.5 Å². The van der Waals surface area contributed by atoms with Crippen molar-refractivity contribution in [2.24, 2.45) is 0 Å². The fourth-order valence-corrected chi connectivity index (χ4v) is 2.82. The summed E-state index contributed by atoms with van der Waals surface area (Å²) in [6.45, 7) is 1.98. The number of aromatic nitrogens is 1. The number of amides is 1. The van der Waals surface area contributed by atoms with Crippen molar-refractivity contribution in [3.05, 3.63) is 65.2 Å². The number of fused-ring (bicyclic) bond motifs is 1. The van der Waals surface area contributed by atoms with Crippen LogP contribution in [-0.2, 0) is 0 Å². The summed E-state index contributed by atoms with van der Waals surface area (Å²) in [5, 5.41) is 3.01. The summed E-state index contributed by atoms with van der Waals surface area (Å²) < 4.78 is 1.03. The summed E-state index contributed by atoms with van der Waals surface area (Å²) in [6, 6.07) is 15.5. The smallest absolute Gasteiger partial charge is 0.251 e. The molecule has 0 radical (unpaired) electrons. The average molecular weight is 282 g/mol. The lowest BCUT2D eigenvalue weighted by Gasteiger charge is -2.14. The summed E-state index contributed by atoms with van der Waals surface area (Å²) in [4.78, 5) is 16.5. The maximum atomic E-state index is 12.3. The zero-order valence-corrected chi connectivity index (χ0v) is 11.9. The Morgan fingerprint density at radius 3 is 2.80 bits per heavy atom. The Morgan fingerprint density at radius 2 is 2.00 bits per heavy atom. The van der Waals surface area contributed by atoms with Crippen LogP contribution in [0.25, 0.3) is 10.2 Å². The highest BCUT2D eigenvalue weighted by Crippen LogP contribution is 2.20. The number of benzene rings is 2. The molecule has 0 aliphatic heterocycles. The summed E-state index contributed by atoms with van der Waals surface area (Å²) in [5.41, 5.74) is 4.49. The zero-order valence-electron chi connectivity index (χ0n) is 11.0. The molecule has 1 amide bonds. The van der Waals surface area contributed by atoms with Gasteiger partial charge in [-0.25, -0.2) is 4.98 Å². The van der Waals surface area contributed by atoms with Crippen molar-refractivity contribution in [3.8, 4) is 0 Å². The van der Waals surface area contributed by atoms with E-state index in [1.807, 2.05) is 55.5 Å². The van der Waals surface area contributed by atoms with Gasteiger partial charge in [0.1, 0.15) is 0 Å². The minimum Gasteiger partial charge on any atom is -0.346 e. The van der Waals surface area contributed by atoms with Gasteiger partial charge in [-0.3, -0.25) is 4.79 Å². The highest BCUT2D eigenvalue weighted by molar-refractivity contribution is 7.16. The van der Waals surface area contributed by atoms with Crippen molar-refractivity contribution in [1.29, 1.82) is 0 Å². The second-order valence-corrected chi connectivity index (χ2v) is 5.53. The van der Waals surface area contributed by atoms with Crippen LogP contribution in [0.1, 0.15) is 28.9 Å². The van der Waals surface area contributed by atoms with Crippen LogP contribution in [-0.4, -0.2) is 10.9 Å². The largest absolute Gasteiger partial charge is 0.346 e. The van der Waals surface area contributed by atoms with Crippen LogP contribution in [0.15, 0.2) is 54.0 Å². The number of hydrogen-bond acceptors (Lipinski definition) is 3. The molecule has 0 bridgehead atoms. The SMILES string of the molecule is C[C@H](NC(=O)c1ccc2ncsc2c1)c1ccccc1. The monoisotopic (exact) mass is 282 g/mol. The van der Waals surface area contributed by atoms with E-state index in [1.165, 1.54) is 0 Å². The fourth-order valence-electron chi connectivity index (χ4n) is 2.10. The maximum Gasteiger partial charge on any atom is 0.251 e. The number of carbonyl (C=O) groups is 1. The van der Waals surface area contributed by atoms with Crippen molar-refractivity contribution in [2.45, 2.75) is 13.0 Å². The van der Waals surface area contributed by atoms with Crippen LogP contribution in [0.4, 0.5) is 0 Å². The van der Waals surface area contributed by atoms with Gasteiger partial charge in [-0.15, -0.1) is 11.3 Å². The number of thiazole rings is 1. The van der Waals surface area contributed by atoms with Crippen molar-refractivity contribution in [3.63, 3.8) is 0 Å². The molecule has 0 aliphatic rings. The highest BCUT2D eigenvalue weighted by atomic mass is 32.1. The Balaban J connectivity index is 1.78. The molecule has 3 aromatic rings. The van der Waals surface area contributed by atoms with E-state index in [4.69, 9.17) is 0 Å². The van der Waals surface area contributed by atoms with E-state index < -0.39 is 0 Å². The number of nitrogens with zero attached hydrogens (tertiary/aromatic N) is 1. The Bertz CT molecular complexity index is 736. The first kappa shape index (κ1) is 12.8. The van der Waals surface area contributed by atoms with E-state index in [2.05, 4.69) is 10.3 Å². The molecule has 1 atom stereocenters. The molecule has 0 unspecified atom stereocenters. The van der Waals surface area contributed by atoms with Gasteiger partial charge < -0.3 is 5.32 Å². The van der Waals surface area contributed by atoms with Gasteiger partial charge in [0.15, 0.2) is 0 Å². The third-order valence-corrected chi connectivity index (χ3v) is 4.03. The topological polar surface area (TPSA) is 42.0 Å². The molecule has 3 rings (SSSR count). The van der Waals surface area contributed by atoms with E-state index in [0.717, 1.165) is 15.8 Å². The second kappa shape index (κ2) is 5.43. The summed E-state index contributed by atoms with van der Waals surface area (Å²) in [5.74, 6) is -0.0587. The van der Waals surface area contributed by atoms with Gasteiger partial charge in [-0.2, -0.15) is 0 Å². The van der Waals surface area contributed by atoms with E-state index in [0.29, 0.717) is 5.56 Å². The number of nitrogens with one attached hydrogen (secondary N) is 1. The van der Waals surface area contributed by atoms with Gasteiger partial charge in [-0.1, -0.05) is 30.3 Å². The lowest BCUT2D eigenvalue weighted by atomic mass is 10.1. The van der Waals surface area contributed by atoms with Crippen molar-refractivity contribution < 1.29 is 4.79 Å². The predicted molar refractivity (Wildman–Crippen MR) is 81.9 cm³/mol. The first-order valence-corrected chi connectivity index (χ1v) is 7.31. The molecule has 1 N–H and O–H groups in total. The van der Waals surface area contributed by atoms with Gasteiger partial charge in [0.05, 0.1) is 21.8 Å². The third kappa shape index (κ3) is 2.56. The summed E-state index contributed by atoms with van der Waals surface area (Å²) in [7, 11) is 0. The second-order valence-electron chi connectivity index (χ2n) is 4.64. The molecule has 2 aromatic carbocycles. The normalized spacial score (nSPS) is 12.2. The maximum absolute atomic E-state index is 12.3. The lowest BCUT2D eigenvalue weighted by molar-refractivity contribution is 0.0940. The molecule has 3 nitrogen and oxygen atoms in total. The molecule has 0 saturated carbocycles. The van der Waals surface area contributed by atoms with Crippen LogP contribution >= 0.6 is 11.3 Å². The first-order valence-electron chi connectivity index (χ1n) is 6.43. The molecule has 4 heteroatoms. The van der Waals surface area contributed by atoms with Crippen molar-refractivity contribution in [1.82, 2.24) is 10.3 Å². The molecular formula is C16H14N2OS. The van der Waals surface area contributed by atoms with Crippen molar-refractivity contribution in [2.75, 3.05) is 0 Å².